The first-order valence-electron chi connectivity index (χ1n) is 8.67. The van der Waals surface area contributed by atoms with Gasteiger partial charge in [0, 0.05) is 17.8 Å². The van der Waals surface area contributed by atoms with Crippen LogP contribution in [0.25, 0.3) is 5.69 Å². The summed E-state index contributed by atoms with van der Waals surface area (Å²) >= 11 is 1.10. The summed E-state index contributed by atoms with van der Waals surface area (Å²) in [5.74, 6) is -0.113. The Hall–Kier alpha value is -3.00. The summed E-state index contributed by atoms with van der Waals surface area (Å²) in [5.41, 5.74) is 3.42. The summed E-state index contributed by atoms with van der Waals surface area (Å²) in [7, 11) is 1.57. The van der Waals surface area contributed by atoms with E-state index < -0.39 is 11.2 Å². The maximum atomic E-state index is 12.6. The lowest BCUT2D eigenvalue weighted by Crippen LogP contribution is -2.36. The fourth-order valence-corrected chi connectivity index (χ4v) is 3.43. The number of nitrogens with zero attached hydrogens (tertiary/aromatic N) is 2. The molecule has 0 aliphatic heterocycles. The Labute approximate surface area is 167 Å². The molecule has 0 aliphatic rings. The molecule has 2 aromatic carbocycles. The molecule has 28 heavy (non-hydrogen) atoms. The SMILES string of the molecule is COc1ccc(-[n+]2noc([O-])c2SC(C)C(=O)Nc2cc(C)ccc2C)cc1. The highest BCUT2D eigenvalue weighted by atomic mass is 32.2. The third-order valence-electron chi connectivity index (χ3n) is 4.20. The number of thioether (sulfide) groups is 1. The smallest absolute Gasteiger partial charge is 0.298 e. The van der Waals surface area contributed by atoms with E-state index >= 15 is 0 Å². The molecule has 0 fully saturated rings. The molecule has 1 aromatic heterocycles. The van der Waals surface area contributed by atoms with E-state index in [1.165, 1.54) is 4.68 Å². The molecule has 1 heterocycles. The number of aryl methyl sites for hydroxylation is 2. The normalized spacial score (nSPS) is 11.9. The second kappa shape index (κ2) is 8.35. The molecule has 0 aliphatic carbocycles. The van der Waals surface area contributed by atoms with Gasteiger partial charge in [0.2, 0.25) is 11.6 Å². The quantitative estimate of drug-likeness (QED) is 0.506. The van der Waals surface area contributed by atoms with E-state index in [0.29, 0.717) is 11.4 Å². The molecule has 7 nitrogen and oxygen atoms in total. The van der Waals surface area contributed by atoms with Crippen LogP contribution in [0.1, 0.15) is 18.1 Å². The molecule has 1 atom stereocenters. The van der Waals surface area contributed by atoms with Crippen LogP contribution in [0.5, 0.6) is 11.7 Å². The second-order valence-electron chi connectivity index (χ2n) is 6.34. The Morgan fingerprint density at radius 2 is 1.96 bits per heavy atom. The highest BCUT2D eigenvalue weighted by Gasteiger charge is 2.26. The largest absolute Gasteiger partial charge is 0.538 e. The number of carbonyl (C=O) groups is 1. The Kier molecular flexibility index (Phi) is 5.89. The van der Waals surface area contributed by atoms with Crippen LogP contribution in [-0.2, 0) is 4.79 Å². The van der Waals surface area contributed by atoms with Gasteiger partial charge in [0.1, 0.15) is 5.75 Å². The number of benzene rings is 2. The van der Waals surface area contributed by atoms with Crippen LogP contribution in [0.4, 0.5) is 5.69 Å². The monoisotopic (exact) mass is 399 g/mol. The summed E-state index contributed by atoms with van der Waals surface area (Å²) < 4.78 is 11.3. The zero-order valence-electron chi connectivity index (χ0n) is 16.1. The van der Waals surface area contributed by atoms with Gasteiger partial charge in [-0.05, 0) is 66.5 Å². The van der Waals surface area contributed by atoms with E-state index in [1.807, 2.05) is 32.0 Å². The number of methoxy groups -OCH3 is 1. The molecule has 0 saturated carbocycles. The van der Waals surface area contributed by atoms with Gasteiger partial charge in [0.25, 0.3) is 5.03 Å². The van der Waals surface area contributed by atoms with Gasteiger partial charge in [-0.2, -0.15) is 0 Å². The minimum absolute atomic E-state index is 0.208. The molecule has 1 N–H and O–H groups in total. The third-order valence-corrected chi connectivity index (χ3v) is 5.33. The van der Waals surface area contributed by atoms with Crippen LogP contribution in [0, 0.1) is 13.8 Å². The number of aromatic nitrogens is 2. The van der Waals surface area contributed by atoms with Crippen molar-refractivity contribution in [3.63, 3.8) is 0 Å². The van der Waals surface area contributed by atoms with Gasteiger partial charge in [-0.25, -0.2) is 0 Å². The topological polar surface area (TPSA) is 91.3 Å². The average molecular weight is 399 g/mol. The van der Waals surface area contributed by atoms with Gasteiger partial charge < -0.3 is 19.7 Å². The van der Waals surface area contributed by atoms with Gasteiger partial charge in [-0.15, -0.1) is 0 Å². The number of amides is 1. The van der Waals surface area contributed by atoms with E-state index in [1.54, 1.807) is 38.3 Å². The Balaban J connectivity index is 1.78. The first-order chi connectivity index (χ1) is 13.4. The lowest BCUT2D eigenvalue weighted by molar-refractivity contribution is -0.705. The number of nitrogens with one attached hydrogen (secondary N) is 1. The van der Waals surface area contributed by atoms with Crippen molar-refractivity contribution in [1.29, 1.82) is 0 Å². The van der Waals surface area contributed by atoms with Crippen LogP contribution >= 0.6 is 11.8 Å². The van der Waals surface area contributed by atoms with Crippen molar-refractivity contribution in [1.82, 2.24) is 5.27 Å². The molecular weight excluding hydrogens is 378 g/mol. The maximum Gasteiger partial charge on any atom is 0.298 e. The number of rotatable bonds is 6. The van der Waals surface area contributed by atoms with Crippen molar-refractivity contribution in [3.8, 4) is 17.4 Å². The minimum Gasteiger partial charge on any atom is -0.538 e. The number of hydrogen-bond donors (Lipinski definition) is 1. The van der Waals surface area contributed by atoms with Crippen LogP contribution in [0.3, 0.4) is 0 Å². The van der Waals surface area contributed by atoms with E-state index in [2.05, 4.69) is 10.6 Å². The van der Waals surface area contributed by atoms with Crippen molar-refractivity contribution < 1.29 is 23.8 Å². The van der Waals surface area contributed by atoms with Crippen molar-refractivity contribution >= 4 is 23.4 Å². The Morgan fingerprint density at radius 3 is 2.64 bits per heavy atom. The van der Waals surface area contributed by atoms with Crippen LogP contribution in [0.2, 0.25) is 0 Å². The molecule has 8 heteroatoms. The fourth-order valence-electron chi connectivity index (χ4n) is 2.55. The first-order valence-corrected chi connectivity index (χ1v) is 9.55. The molecule has 0 bridgehead atoms. The van der Waals surface area contributed by atoms with Crippen molar-refractivity contribution in [2.24, 2.45) is 0 Å². The standard InChI is InChI=1S/C20H21N3O4S/c1-12-5-6-13(2)17(11-12)21-18(24)14(3)28-19-20(25)27-22-23(19)15-7-9-16(26-4)10-8-15/h5-11,14H,1-4H3,(H-,21,22,24,25). The predicted molar refractivity (Wildman–Crippen MR) is 104 cm³/mol. The summed E-state index contributed by atoms with van der Waals surface area (Å²) in [4.78, 5) is 12.6. The van der Waals surface area contributed by atoms with Crippen LogP contribution in [-0.4, -0.2) is 23.5 Å². The molecule has 3 aromatic rings. The molecule has 0 spiro atoms. The Morgan fingerprint density at radius 1 is 1.25 bits per heavy atom. The highest BCUT2D eigenvalue weighted by molar-refractivity contribution is 8.00. The minimum atomic E-state index is -0.591. The van der Waals surface area contributed by atoms with Gasteiger partial charge in [0.05, 0.1) is 17.6 Å². The number of anilines is 1. The van der Waals surface area contributed by atoms with E-state index in [4.69, 9.17) is 9.26 Å². The van der Waals surface area contributed by atoms with Gasteiger partial charge in [-0.3, -0.25) is 4.79 Å². The predicted octanol–water partition coefficient (Wildman–Crippen LogP) is 2.77. The number of hydrogen-bond acceptors (Lipinski definition) is 6. The van der Waals surface area contributed by atoms with Crippen molar-refractivity contribution in [2.75, 3.05) is 12.4 Å². The summed E-state index contributed by atoms with van der Waals surface area (Å²) in [5, 5.41) is 18.5. The second-order valence-corrected chi connectivity index (χ2v) is 7.67. The van der Waals surface area contributed by atoms with E-state index in [0.717, 1.165) is 28.6 Å². The van der Waals surface area contributed by atoms with Gasteiger partial charge >= 0.3 is 0 Å². The maximum absolute atomic E-state index is 12.6. The third kappa shape index (κ3) is 4.28. The molecule has 1 amide bonds. The zero-order chi connectivity index (χ0) is 20.3. The van der Waals surface area contributed by atoms with Gasteiger partial charge in [0.15, 0.2) is 5.95 Å². The average Bonchev–Trinajstić information content (AvgIpc) is 3.05. The van der Waals surface area contributed by atoms with Crippen LogP contribution in [0.15, 0.2) is 52.0 Å². The number of ether oxygens (including phenoxy) is 1. The fraction of sp³-hybridized carbons (Fsp3) is 0.250. The molecule has 146 valence electrons. The lowest BCUT2D eigenvalue weighted by Gasteiger charge is -2.13. The van der Waals surface area contributed by atoms with E-state index in [-0.39, 0.29) is 10.9 Å². The highest BCUT2D eigenvalue weighted by Crippen LogP contribution is 2.28. The Bertz CT molecular complexity index is 986. The zero-order valence-corrected chi connectivity index (χ0v) is 16.9. The molecular formula is C20H21N3O4S. The molecule has 0 radical (unpaired) electrons. The van der Waals surface area contributed by atoms with E-state index in [9.17, 15) is 9.90 Å². The van der Waals surface area contributed by atoms with Crippen LogP contribution < -0.4 is 19.8 Å². The number of carbonyl (C=O) groups excluding carboxylic acids is 1. The molecule has 3 rings (SSSR count). The molecule has 0 saturated heterocycles. The summed E-state index contributed by atoms with van der Waals surface area (Å²) in [6, 6.07) is 12.9. The summed E-state index contributed by atoms with van der Waals surface area (Å²) in [6.07, 6.45) is 0. The van der Waals surface area contributed by atoms with Gasteiger partial charge in [-0.1, -0.05) is 12.1 Å². The van der Waals surface area contributed by atoms with Crippen molar-refractivity contribution in [3.05, 3.63) is 53.6 Å². The molecule has 1 unspecified atom stereocenters. The lowest BCUT2D eigenvalue weighted by atomic mass is 10.1. The summed E-state index contributed by atoms with van der Waals surface area (Å²) in [6.45, 7) is 5.63. The van der Waals surface area contributed by atoms with Crippen molar-refractivity contribution in [2.45, 2.75) is 31.0 Å². The first kappa shape index (κ1) is 19.8.